The Bertz CT molecular complexity index is 560. The number of benzene rings is 2. The zero-order chi connectivity index (χ0) is 13.1. The molecule has 0 amide bonds. The number of fused-ring (bicyclic) bond motifs is 1. The highest BCUT2D eigenvalue weighted by Crippen LogP contribution is 2.28. The second kappa shape index (κ2) is 6.04. The van der Waals surface area contributed by atoms with Crippen LogP contribution in [0.5, 0.6) is 0 Å². The third-order valence-corrected chi connectivity index (χ3v) is 4.71. The summed E-state index contributed by atoms with van der Waals surface area (Å²) in [4.78, 5) is 2.54. The number of nitrogens with one attached hydrogen (secondary N) is 1. The van der Waals surface area contributed by atoms with Gasteiger partial charge in [0.05, 0.1) is 0 Å². The van der Waals surface area contributed by atoms with Crippen LogP contribution in [0.25, 0.3) is 10.8 Å². The van der Waals surface area contributed by atoms with Crippen LogP contribution in [0.1, 0.15) is 12.0 Å². The van der Waals surface area contributed by atoms with Crippen LogP contribution in [0.15, 0.2) is 40.9 Å². The zero-order valence-corrected chi connectivity index (χ0v) is 12.6. The first kappa shape index (κ1) is 13.1. The predicted octanol–water partition coefficient (Wildman–Crippen LogP) is 3.40. The van der Waals surface area contributed by atoms with E-state index in [1.807, 2.05) is 0 Å². The van der Waals surface area contributed by atoms with Gasteiger partial charge in [-0.05, 0) is 51.8 Å². The van der Waals surface area contributed by atoms with Crippen molar-refractivity contribution in [1.82, 2.24) is 10.2 Å². The molecule has 3 rings (SSSR count). The molecule has 1 aliphatic rings. The van der Waals surface area contributed by atoms with Gasteiger partial charge in [-0.2, -0.15) is 0 Å². The normalized spacial score (nSPS) is 17.5. The smallest absolute Gasteiger partial charge is 0.0298 e. The standard InChI is InChI=1S/C16H19BrN2/c17-16-14(12-19-10-3-8-18-9-11-19)7-6-13-4-1-2-5-15(13)16/h1-2,4-7,18H,3,8-12H2. The molecule has 0 spiro atoms. The molecule has 0 aliphatic carbocycles. The molecular formula is C16H19BrN2. The van der Waals surface area contributed by atoms with Crippen molar-refractivity contribution in [1.29, 1.82) is 0 Å². The molecule has 1 N–H and O–H groups in total. The molecule has 0 bridgehead atoms. The first-order valence-corrected chi connectivity index (χ1v) is 7.73. The van der Waals surface area contributed by atoms with E-state index in [1.54, 1.807) is 0 Å². The molecule has 0 radical (unpaired) electrons. The minimum absolute atomic E-state index is 1.03. The molecular weight excluding hydrogens is 300 g/mol. The molecule has 0 aromatic heterocycles. The topological polar surface area (TPSA) is 15.3 Å². The van der Waals surface area contributed by atoms with E-state index < -0.39 is 0 Å². The summed E-state index contributed by atoms with van der Waals surface area (Å²) in [6.07, 6.45) is 1.24. The van der Waals surface area contributed by atoms with Gasteiger partial charge in [-0.25, -0.2) is 0 Å². The fraction of sp³-hybridized carbons (Fsp3) is 0.375. The van der Waals surface area contributed by atoms with E-state index in [0.717, 1.165) is 26.2 Å². The van der Waals surface area contributed by atoms with Gasteiger partial charge >= 0.3 is 0 Å². The van der Waals surface area contributed by atoms with Gasteiger partial charge in [0.25, 0.3) is 0 Å². The third-order valence-electron chi connectivity index (χ3n) is 3.77. The summed E-state index contributed by atoms with van der Waals surface area (Å²) in [7, 11) is 0. The van der Waals surface area contributed by atoms with E-state index in [0.29, 0.717) is 0 Å². The summed E-state index contributed by atoms with van der Waals surface area (Å²) in [5.41, 5.74) is 1.39. The highest BCUT2D eigenvalue weighted by atomic mass is 79.9. The minimum atomic E-state index is 1.03. The van der Waals surface area contributed by atoms with Crippen LogP contribution in [0.3, 0.4) is 0 Å². The van der Waals surface area contributed by atoms with Crippen LogP contribution in [0.4, 0.5) is 0 Å². The van der Waals surface area contributed by atoms with Crippen molar-refractivity contribution in [3.05, 3.63) is 46.4 Å². The molecule has 2 aromatic rings. The Morgan fingerprint density at radius 3 is 2.89 bits per heavy atom. The van der Waals surface area contributed by atoms with Gasteiger partial charge in [-0.3, -0.25) is 4.90 Å². The summed E-state index contributed by atoms with van der Waals surface area (Å²) >= 11 is 3.79. The second-order valence-corrected chi connectivity index (χ2v) is 5.93. The lowest BCUT2D eigenvalue weighted by Crippen LogP contribution is -2.27. The Balaban J connectivity index is 1.86. The maximum Gasteiger partial charge on any atom is 0.0298 e. The summed E-state index contributed by atoms with van der Waals surface area (Å²) in [5.74, 6) is 0. The molecule has 0 unspecified atom stereocenters. The molecule has 0 saturated carbocycles. The van der Waals surface area contributed by atoms with Crippen LogP contribution in [0.2, 0.25) is 0 Å². The van der Waals surface area contributed by atoms with Crippen molar-refractivity contribution < 1.29 is 0 Å². The molecule has 100 valence electrons. The number of rotatable bonds is 2. The van der Waals surface area contributed by atoms with Crippen molar-refractivity contribution in [2.24, 2.45) is 0 Å². The van der Waals surface area contributed by atoms with Gasteiger partial charge in [0.1, 0.15) is 0 Å². The highest BCUT2D eigenvalue weighted by molar-refractivity contribution is 9.10. The van der Waals surface area contributed by atoms with E-state index in [1.165, 1.54) is 33.8 Å². The van der Waals surface area contributed by atoms with Gasteiger partial charge in [-0.15, -0.1) is 0 Å². The average molecular weight is 319 g/mol. The number of hydrogen-bond acceptors (Lipinski definition) is 2. The quantitative estimate of drug-likeness (QED) is 0.913. The Labute approximate surface area is 122 Å². The van der Waals surface area contributed by atoms with E-state index in [9.17, 15) is 0 Å². The monoisotopic (exact) mass is 318 g/mol. The molecule has 1 aliphatic heterocycles. The fourth-order valence-corrected chi connectivity index (χ4v) is 3.32. The van der Waals surface area contributed by atoms with Crippen LogP contribution in [-0.2, 0) is 6.54 Å². The lowest BCUT2D eigenvalue weighted by Gasteiger charge is -2.20. The molecule has 0 atom stereocenters. The Morgan fingerprint density at radius 2 is 1.95 bits per heavy atom. The van der Waals surface area contributed by atoms with Gasteiger partial charge in [0, 0.05) is 24.1 Å². The van der Waals surface area contributed by atoms with Gasteiger partial charge in [0.2, 0.25) is 0 Å². The Kier molecular flexibility index (Phi) is 4.16. The summed E-state index contributed by atoms with van der Waals surface area (Å²) in [5, 5.41) is 6.07. The highest BCUT2D eigenvalue weighted by Gasteiger charge is 2.12. The Hall–Kier alpha value is -0.900. The average Bonchev–Trinajstić information content (AvgIpc) is 2.71. The minimum Gasteiger partial charge on any atom is -0.315 e. The first-order chi connectivity index (χ1) is 9.34. The van der Waals surface area contributed by atoms with E-state index in [2.05, 4.69) is 62.5 Å². The summed E-state index contributed by atoms with van der Waals surface area (Å²) in [6.45, 7) is 5.61. The van der Waals surface area contributed by atoms with Crippen LogP contribution >= 0.6 is 15.9 Å². The molecule has 1 saturated heterocycles. The molecule has 1 fully saturated rings. The second-order valence-electron chi connectivity index (χ2n) is 5.14. The van der Waals surface area contributed by atoms with E-state index >= 15 is 0 Å². The number of halogens is 1. The first-order valence-electron chi connectivity index (χ1n) is 6.94. The van der Waals surface area contributed by atoms with Crippen LogP contribution in [0, 0.1) is 0 Å². The zero-order valence-electron chi connectivity index (χ0n) is 11.0. The maximum absolute atomic E-state index is 3.79. The van der Waals surface area contributed by atoms with Crippen molar-refractivity contribution in [3.63, 3.8) is 0 Å². The number of nitrogens with zero attached hydrogens (tertiary/aromatic N) is 1. The van der Waals surface area contributed by atoms with Crippen molar-refractivity contribution in [3.8, 4) is 0 Å². The van der Waals surface area contributed by atoms with Crippen LogP contribution in [-0.4, -0.2) is 31.1 Å². The number of hydrogen-bond donors (Lipinski definition) is 1. The van der Waals surface area contributed by atoms with Crippen molar-refractivity contribution >= 4 is 26.7 Å². The summed E-state index contributed by atoms with van der Waals surface area (Å²) < 4.78 is 1.25. The predicted molar refractivity (Wildman–Crippen MR) is 84.4 cm³/mol. The lowest BCUT2D eigenvalue weighted by atomic mass is 10.1. The third kappa shape index (κ3) is 2.99. The lowest BCUT2D eigenvalue weighted by molar-refractivity contribution is 0.284. The van der Waals surface area contributed by atoms with Crippen LogP contribution < -0.4 is 5.32 Å². The molecule has 1 heterocycles. The summed E-state index contributed by atoms with van der Waals surface area (Å²) in [6, 6.07) is 13.0. The fourth-order valence-electron chi connectivity index (χ4n) is 2.70. The molecule has 3 heteroatoms. The van der Waals surface area contributed by atoms with E-state index in [4.69, 9.17) is 0 Å². The SMILES string of the molecule is Brc1c(CN2CCCNCC2)ccc2ccccc12. The van der Waals surface area contributed by atoms with Gasteiger partial charge < -0.3 is 5.32 Å². The van der Waals surface area contributed by atoms with Gasteiger partial charge in [0.15, 0.2) is 0 Å². The van der Waals surface area contributed by atoms with Gasteiger partial charge in [-0.1, -0.05) is 36.4 Å². The molecule has 19 heavy (non-hydrogen) atoms. The van der Waals surface area contributed by atoms with Crippen molar-refractivity contribution in [2.45, 2.75) is 13.0 Å². The van der Waals surface area contributed by atoms with E-state index in [-0.39, 0.29) is 0 Å². The molecule has 2 nitrogen and oxygen atoms in total. The molecule has 2 aromatic carbocycles. The maximum atomic E-state index is 3.79. The van der Waals surface area contributed by atoms with Crippen molar-refractivity contribution in [2.75, 3.05) is 26.2 Å². The largest absolute Gasteiger partial charge is 0.315 e. The Morgan fingerprint density at radius 1 is 1.05 bits per heavy atom.